The summed E-state index contributed by atoms with van der Waals surface area (Å²) in [4.78, 5) is 0. The smallest absolute Gasteiger partial charge is 0.261 e. The molecule has 3 aromatic carbocycles. The van der Waals surface area contributed by atoms with Gasteiger partial charge in [-0.2, -0.15) is 0 Å². The second kappa shape index (κ2) is 11.1. The Hall–Kier alpha value is -3.67. The molecule has 3 rings (SSSR count). The Morgan fingerprint density at radius 1 is 0.969 bits per heavy atom. The van der Waals surface area contributed by atoms with E-state index in [-0.39, 0.29) is 5.92 Å². The predicted octanol–water partition coefficient (Wildman–Crippen LogP) is 6.98. The van der Waals surface area contributed by atoms with Crippen LogP contribution in [-0.4, -0.2) is 5.11 Å². The minimum atomic E-state index is -2.27. The summed E-state index contributed by atoms with van der Waals surface area (Å²) in [7, 11) is -2.27. The highest BCUT2D eigenvalue weighted by Crippen LogP contribution is 2.34. The van der Waals surface area contributed by atoms with E-state index in [1.165, 1.54) is 0 Å². The topological polar surface area (TPSA) is 55.8 Å². The van der Waals surface area contributed by atoms with Crippen molar-refractivity contribution in [3.05, 3.63) is 113 Å². The molecule has 0 spiro atoms. The maximum atomic E-state index is 11.8. The van der Waals surface area contributed by atoms with E-state index in [9.17, 15) is 4.57 Å². The minimum Gasteiger partial charge on any atom is -0.462 e. The molecule has 1 N–H and O–H groups in total. The summed E-state index contributed by atoms with van der Waals surface area (Å²) in [6.07, 6.45) is 3.68. The molecule has 2 atom stereocenters. The highest BCUT2D eigenvalue weighted by molar-refractivity contribution is 7.44. The van der Waals surface area contributed by atoms with E-state index in [4.69, 9.17) is 14.4 Å². The fourth-order valence-electron chi connectivity index (χ4n) is 3.01. The van der Waals surface area contributed by atoms with Crippen molar-refractivity contribution in [3.63, 3.8) is 0 Å². The number of allylic oxidation sites excluding steroid dienone is 2. The Morgan fingerprint density at radius 2 is 1.53 bits per heavy atom. The fourth-order valence-corrected chi connectivity index (χ4v) is 3.53. The van der Waals surface area contributed by atoms with Gasteiger partial charge in [-0.3, -0.25) is 4.57 Å². The van der Waals surface area contributed by atoms with Gasteiger partial charge in [0.2, 0.25) is 0 Å². The molecule has 162 valence electrons. The van der Waals surface area contributed by atoms with Gasteiger partial charge in [0.1, 0.15) is 17.6 Å². The number of benzene rings is 3. The Labute approximate surface area is 189 Å². The first-order chi connectivity index (χ1) is 15.5. The third-order valence-corrected chi connectivity index (χ3v) is 5.94. The van der Waals surface area contributed by atoms with Gasteiger partial charge >= 0.3 is 0 Å². The van der Waals surface area contributed by atoms with Gasteiger partial charge in [0.25, 0.3) is 8.03 Å². The monoisotopic (exact) mass is 444 g/mol. The first-order valence-electron chi connectivity index (χ1n) is 10.1. The SMILES string of the molecule is C=C(C)[PH](=O)Oc1ccc(C(C)c2ccc(O/C(C#CO)=C\c3ccccc3)cc2)cc1. The van der Waals surface area contributed by atoms with Crippen molar-refractivity contribution >= 4 is 14.1 Å². The molecule has 0 aliphatic rings. The molecular formula is C27H25O4P. The molecule has 0 saturated carbocycles. The van der Waals surface area contributed by atoms with Crippen molar-refractivity contribution in [3.8, 4) is 23.5 Å². The van der Waals surface area contributed by atoms with Crippen molar-refractivity contribution in [2.75, 3.05) is 0 Å². The van der Waals surface area contributed by atoms with Gasteiger partial charge in [-0.15, -0.1) is 0 Å². The van der Waals surface area contributed by atoms with Crippen LogP contribution in [0.4, 0.5) is 0 Å². The van der Waals surface area contributed by atoms with Crippen molar-refractivity contribution in [1.82, 2.24) is 0 Å². The van der Waals surface area contributed by atoms with Crippen molar-refractivity contribution in [1.29, 1.82) is 0 Å². The van der Waals surface area contributed by atoms with Crippen molar-refractivity contribution in [2.24, 2.45) is 0 Å². The summed E-state index contributed by atoms with van der Waals surface area (Å²) < 4.78 is 23.1. The third-order valence-electron chi connectivity index (χ3n) is 4.82. The van der Waals surface area contributed by atoms with Crippen molar-refractivity contribution in [2.45, 2.75) is 19.8 Å². The molecule has 0 heterocycles. The Morgan fingerprint density at radius 3 is 2.06 bits per heavy atom. The molecule has 0 amide bonds. The summed E-state index contributed by atoms with van der Waals surface area (Å²) in [5.41, 5.74) is 3.15. The largest absolute Gasteiger partial charge is 0.462 e. The van der Waals surface area contributed by atoms with E-state index < -0.39 is 8.03 Å². The molecule has 0 bridgehead atoms. The van der Waals surface area contributed by atoms with Crippen LogP contribution in [0.2, 0.25) is 0 Å². The van der Waals surface area contributed by atoms with Crippen LogP contribution in [0.3, 0.4) is 0 Å². The Kier molecular flexibility index (Phi) is 7.97. The molecule has 32 heavy (non-hydrogen) atoms. The Bertz CT molecular complexity index is 1170. The predicted molar refractivity (Wildman–Crippen MR) is 130 cm³/mol. The van der Waals surface area contributed by atoms with E-state index in [0.29, 0.717) is 22.6 Å². The normalized spacial score (nSPS) is 12.8. The van der Waals surface area contributed by atoms with Gasteiger partial charge in [-0.05, 0) is 54.0 Å². The van der Waals surface area contributed by atoms with Gasteiger partial charge in [-0.1, -0.05) is 68.1 Å². The number of aliphatic hydroxyl groups is 1. The zero-order valence-corrected chi connectivity index (χ0v) is 19.0. The summed E-state index contributed by atoms with van der Waals surface area (Å²) in [6, 6.07) is 25.0. The van der Waals surface area contributed by atoms with Crippen LogP contribution in [0.1, 0.15) is 36.5 Å². The number of hydrogen-bond donors (Lipinski definition) is 1. The van der Waals surface area contributed by atoms with Crippen LogP contribution in [0.25, 0.3) is 6.08 Å². The average molecular weight is 444 g/mol. The molecule has 5 heteroatoms. The summed E-state index contributed by atoms with van der Waals surface area (Å²) in [5.74, 6) is 4.27. The van der Waals surface area contributed by atoms with Gasteiger partial charge in [0.15, 0.2) is 5.76 Å². The van der Waals surface area contributed by atoms with Crippen molar-refractivity contribution < 1.29 is 18.9 Å². The van der Waals surface area contributed by atoms with Crippen LogP contribution in [-0.2, 0) is 4.57 Å². The zero-order valence-electron chi connectivity index (χ0n) is 18.0. The van der Waals surface area contributed by atoms with Crippen LogP contribution in [0.15, 0.2) is 96.5 Å². The maximum absolute atomic E-state index is 11.8. The molecule has 0 radical (unpaired) electrons. The number of hydrogen-bond acceptors (Lipinski definition) is 4. The first kappa shape index (κ1) is 23.0. The standard InChI is InChI=1S/C27H25O4P/c1-20(2)32(29)31-26-15-11-24(12-16-26)21(3)23-9-13-25(14-10-23)30-27(17-18-28)19-22-7-5-4-6-8-22/h4-16,19,21,28,32H,1H2,2-3H3/b27-19-. The number of rotatable bonds is 8. The molecule has 0 fully saturated rings. The fraction of sp³-hybridized carbons (Fsp3) is 0.111. The highest BCUT2D eigenvalue weighted by Gasteiger charge is 2.10. The van der Waals surface area contributed by atoms with Crippen LogP contribution in [0, 0.1) is 12.0 Å². The molecule has 4 nitrogen and oxygen atoms in total. The summed E-state index contributed by atoms with van der Waals surface area (Å²) >= 11 is 0. The van der Waals surface area contributed by atoms with E-state index in [2.05, 4.69) is 19.4 Å². The maximum Gasteiger partial charge on any atom is 0.261 e. The third kappa shape index (κ3) is 6.41. The second-order valence-corrected chi connectivity index (χ2v) is 8.92. The lowest BCUT2D eigenvalue weighted by Gasteiger charge is -2.14. The lowest BCUT2D eigenvalue weighted by Crippen LogP contribution is -1.97. The lowest BCUT2D eigenvalue weighted by molar-refractivity contribution is 0.450. The number of ether oxygens (including phenoxy) is 1. The van der Waals surface area contributed by atoms with E-state index in [0.717, 1.165) is 16.7 Å². The average Bonchev–Trinajstić information content (AvgIpc) is 2.80. The van der Waals surface area contributed by atoms with E-state index >= 15 is 0 Å². The molecule has 0 aromatic heterocycles. The van der Waals surface area contributed by atoms with Gasteiger partial charge < -0.3 is 14.4 Å². The van der Waals surface area contributed by atoms with Gasteiger partial charge in [-0.25, -0.2) is 0 Å². The number of aliphatic hydroxyl groups excluding tert-OH is 1. The Balaban J connectivity index is 1.70. The molecule has 0 saturated heterocycles. The highest BCUT2D eigenvalue weighted by atomic mass is 31.1. The zero-order chi connectivity index (χ0) is 22.9. The van der Waals surface area contributed by atoms with Crippen LogP contribution in [0.5, 0.6) is 11.5 Å². The quantitative estimate of drug-likeness (QED) is 0.231. The van der Waals surface area contributed by atoms with Gasteiger partial charge in [0.05, 0.1) is 0 Å². The van der Waals surface area contributed by atoms with Gasteiger partial charge in [0, 0.05) is 17.2 Å². The first-order valence-corrected chi connectivity index (χ1v) is 11.4. The molecular weight excluding hydrogens is 419 g/mol. The molecule has 2 unspecified atom stereocenters. The lowest BCUT2D eigenvalue weighted by atomic mass is 9.93. The van der Waals surface area contributed by atoms with Crippen LogP contribution >= 0.6 is 8.03 Å². The molecule has 3 aromatic rings. The summed E-state index contributed by atoms with van der Waals surface area (Å²) in [6.45, 7) is 7.47. The van der Waals surface area contributed by atoms with E-state index in [1.807, 2.05) is 85.0 Å². The van der Waals surface area contributed by atoms with E-state index in [1.54, 1.807) is 13.0 Å². The summed E-state index contributed by atoms with van der Waals surface area (Å²) in [5, 5.41) is 9.56. The molecule has 0 aliphatic carbocycles. The molecule has 0 aliphatic heterocycles. The second-order valence-electron chi connectivity index (χ2n) is 7.29. The van der Waals surface area contributed by atoms with Crippen LogP contribution < -0.4 is 9.26 Å². The minimum absolute atomic E-state index is 0.146.